The SMILES string of the molecule is C[C@@H]1[C@H](C(N)=O)[C@@H]2C=C[C@H]1C2. The van der Waals surface area contributed by atoms with E-state index in [1.54, 1.807) is 0 Å². The van der Waals surface area contributed by atoms with Crippen molar-refractivity contribution in [2.45, 2.75) is 13.3 Å². The molecule has 0 aromatic carbocycles. The summed E-state index contributed by atoms with van der Waals surface area (Å²) in [6, 6.07) is 0. The van der Waals surface area contributed by atoms with Gasteiger partial charge in [0.05, 0.1) is 0 Å². The maximum atomic E-state index is 11.0. The fourth-order valence-corrected chi connectivity index (χ4v) is 2.54. The van der Waals surface area contributed by atoms with E-state index in [4.69, 9.17) is 5.73 Å². The number of hydrogen-bond acceptors (Lipinski definition) is 1. The Labute approximate surface area is 66.5 Å². The highest BCUT2D eigenvalue weighted by molar-refractivity contribution is 5.78. The van der Waals surface area contributed by atoms with Gasteiger partial charge in [-0.1, -0.05) is 19.1 Å². The Morgan fingerprint density at radius 1 is 1.45 bits per heavy atom. The molecule has 1 amide bonds. The Morgan fingerprint density at radius 2 is 2.09 bits per heavy atom. The number of nitrogens with two attached hydrogens (primary N) is 1. The first-order chi connectivity index (χ1) is 5.20. The number of allylic oxidation sites excluding steroid dienone is 2. The van der Waals surface area contributed by atoms with Crippen LogP contribution in [0.15, 0.2) is 12.2 Å². The number of primary amides is 1. The molecule has 11 heavy (non-hydrogen) atoms. The van der Waals surface area contributed by atoms with Gasteiger partial charge < -0.3 is 5.73 Å². The van der Waals surface area contributed by atoms with Gasteiger partial charge in [-0.25, -0.2) is 0 Å². The number of hydrogen-bond donors (Lipinski definition) is 1. The third kappa shape index (κ3) is 0.817. The van der Waals surface area contributed by atoms with Crippen molar-refractivity contribution in [2.75, 3.05) is 0 Å². The van der Waals surface area contributed by atoms with Crippen LogP contribution in [0.5, 0.6) is 0 Å². The first kappa shape index (κ1) is 6.89. The van der Waals surface area contributed by atoms with Crippen LogP contribution in [0.25, 0.3) is 0 Å². The molecule has 2 heteroatoms. The van der Waals surface area contributed by atoms with Gasteiger partial charge in [0.15, 0.2) is 0 Å². The summed E-state index contributed by atoms with van der Waals surface area (Å²) < 4.78 is 0. The molecule has 2 aliphatic carbocycles. The highest BCUT2D eigenvalue weighted by Gasteiger charge is 2.44. The molecule has 2 N–H and O–H groups in total. The molecule has 2 bridgehead atoms. The van der Waals surface area contributed by atoms with Crippen LogP contribution in [0.2, 0.25) is 0 Å². The number of rotatable bonds is 1. The molecule has 0 aromatic heterocycles. The Bertz CT molecular complexity index is 222. The minimum atomic E-state index is -0.116. The van der Waals surface area contributed by atoms with Gasteiger partial charge >= 0.3 is 0 Å². The zero-order valence-electron chi connectivity index (χ0n) is 6.66. The van der Waals surface area contributed by atoms with Crippen LogP contribution in [0.4, 0.5) is 0 Å². The van der Waals surface area contributed by atoms with E-state index >= 15 is 0 Å². The summed E-state index contributed by atoms with van der Waals surface area (Å²) in [6.45, 7) is 2.13. The highest BCUT2D eigenvalue weighted by Crippen LogP contribution is 2.47. The molecule has 60 valence electrons. The Morgan fingerprint density at radius 3 is 2.45 bits per heavy atom. The first-order valence-corrected chi connectivity index (χ1v) is 4.18. The molecule has 0 heterocycles. The molecular weight excluding hydrogens is 138 g/mol. The lowest BCUT2D eigenvalue weighted by Gasteiger charge is -2.20. The number of carbonyl (C=O) groups is 1. The van der Waals surface area contributed by atoms with Gasteiger partial charge in [0.1, 0.15) is 0 Å². The second kappa shape index (κ2) is 2.10. The largest absolute Gasteiger partial charge is 0.369 e. The lowest BCUT2D eigenvalue weighted by atomic mass is 9.84. The molecule has 4 atom stereocenters. The number of amides is 1. The van der Waals surface area contributed by atoms with Crippen LogP contribution < -0.4 is 5.73 Å². The van der Waals surface area contributed by atoms with Crippen LogP contribution in [-0.4, -0.2) is 5.91 Å². The average molecular weight is 151 g/mol. The second-order valence-corrected chi connectivity index (χ2v) is 3.74. The highest BCUT2D eigenvalue weighted by atomic mass is 16.1. The summed E-state index contributed by atoms with van der Waals surface area (Å²) in [5, 5.41) is 0. The number of fused-ring (bicyclic) bond motifs is 2. The lowest BCUT2D eigenvalue weighted by Crippen LogP contribution is -2.31. The topological polar surface area (TPSA) is 43.1 Å². The minimum absolute atomic E-state index is 0.116. The predicted molar refractivity (Wildman–Crippen MR) is 42.6 cm³/mol. The molecule has 0 aromatic rings. The van der Waals surface area contributed by atoms with Crippen molar-refractivity contribution in [1.29, 1.82) is 0 Å². The molecule has 2 aliphatic rings. The Kier molecular flexibility index (Phi) is 1.31. The second-order valence-electron chi connectivity index (χ2n) is 3.74. The third-order valence-corrected chi connectivity index (χ3v) is 3.18. The summed E-state index contributed by atoms with van der Waals surface area (Å²) in [5.41, 5.74) is 5.30. The van der Waals surface area contributed by atoms with Crippen LogP contribution in [0.1, 0.15) is 13.3 Å². The van der Waals surface area contributed by atoms with E-state index in [1.807, 2.05) is 0 Å². The van der Waals surface area contributed by atoms with Crippen molar-refractivity contribution in [1.82, 2.24) is 0 Å². The quantitative estimate of drug-likeness (QED) is 0.556. The monoisotopic (exact) mass is 151 g/mol. The zero-order chi connectivity index (χ0) is 8.01. The molecule has 1 fully saturated rings. The maximum absolute atomic E-state index is 11.0. The van der Waals surface area contributed by atoms with E-state index in [2.05, 4.69) is 19.1 Å². The van der Waals surface area contributed by atoms with E-state index in [1.165, 1.54) is 0 Å². The normalized spacial score (nSPS) is 46.6. The Balaban J connectivity index is 2.25. The average Bonchev–Trinajstić information content (AvgIpc) is 2.44. The smallest absolute Gasteiger partial charge is 0.221 e. The summed E-state index contributed by atoms with van der Waals surface area (Å²) >= 11 is 0. The van der Waals surface area contributed by atoms with Crippen LogP contribution in [-0.2, 0) is 4.79 Å². The minimum Gasteiger partial charge on any atom is -0.369 e. The van der Waals surface area contributed by atoms with E-state index < -0.39 is 0 Å². The fourth-order valence-electron chi connectivity index (χ4n) is 2.54. The van der Waals surface area contributed by atoms with Crippen molar-refractivity contribution < 1.29 is 4.79 Å². The van der Waals surface area contributed by atoms with Gasteiger partial charge in [-0.05, 0) is 24.2 Å². The van der Waals surface area contributed by atoms with Gasteiger partial charge in [-0.3, -0.25) is 4.79 Å². The number of carbonyl (C=O) groups excluding carboxylic acids is 1. The molecule has 0 aliphatic heterocycles. The van der Waals surface area contributed by atoms with Crippen LogP contribution in [0, 0.1) is 23.7 Å². The lowest BCUT2D eigenvalue weighted by molar-refractivity contribution is -0.123. The van der Waals surface area contributed by atoms with E-state index in [0.717, 1.165) is 6.42 Å². The van der Waals surface area contributed by atoms with Crippen molar-refractivity contribution in [3.05, 3.63) is 12.2 Å². The van der Waals surface area contributed by atoms with Crippen molar-refractivity contribution >= 4 is 5.91 Å². The first-order valence-electron chi connectivity index (χ1n) is 4.18. The maximum Gasteiger partial charge on any atom is 0.221 e. The van der Waals surface area contributed by atoms with Gasteiger partial charge in [-0.15, -0.1) is 0 Å². The van der Waals surface area contributed by atoms with E-state index in [9.17, 15) is 4.79 Å². The van der Waals surface area contributed by atoms with Gasteiger partial charge in [0, 0.05) is 5.92 Å². The Hall–Kier alpha value is -0.790. The molecule has 0 saturated heterocycles. The molecule has 0 spiro atoms. The van der Waals surface area contributed by atoms with Crippen molar-refractivity contribution in [2.24, 2.45) is 29.4 Å². The van der Waals surface area contributed by atoms with Gasteiger partial charge in [0.25, 0.3) is 0 Å². The summed E-state index contributed by atoms with van der Waals surface area (Å²) in [4.78, 5) is 11.0. The standard InChI is InChI=1S/C9H13NO/c1-5-6-2-3-7(4-6)8(5)9(10)11/h2-3,5-8H,4H2,1H3,(H2,10,11)/t5-,6-,7+,8-/m0/s1. The van der Waals surface area contributed by atoms with Crippen LogP contribution in [0.3, 0.4) is 0 Å². The molecule has 0 unspecified atom stereocenters. The fraction of sp³-hybridized carbons (Fsp3) is 0.667. The molecule has 0 radical (unpaired) electrons. The van der Waals surface area contributed by atoms with Crippen LogP contribution >= 0.6 is 0 Å². The molecule has 2 rings (SSSR count). The van der Waals surface area contributed by atoms with Crippen molar-refractivity contribution in [3.8, 4) is 0 Å². The third-order valence-electron chi connectivity index (χ3n) is 3.18. The summed E-state index contributed by atoms with van der Waals surface area (Å²) in [5.74, 6) is 1.55. The zero-order valence-corrected chi connectivity index (χ0v) is 6.66. The summed E-state index contributed by atoms with van der Waals surface area (Å²) in [6.07, 6.45) is 5.53. The van der Waals surface area contributed by atoms with Gasteiger partial charge in [-0.2, -0.15) is 0 Å². The predicted octanol–water partition coefficient (Wildman–Crippen LogP) is 0.930. The molecule has 1 saturated carbocycles. The van der Waals surface area contributed by atoms with E-state index in [0.29, 0.717) is 17.8 Å². The summed E-state index contributed by atoms with van der Waals surface area (Å²) in [7, 11) is 0. The molecular formula is C9H13NO. The molecule has 2 nitrogen and oxygen atoms in total. The van der Waals surface area contributed by atoms with Gasteiger partial charge in [0.2, 0.25) is 5.91 Å². The van der Waals surface area contributed by atoms with Crippen molar-refractivity contribution in [3.63, 3.8) is 0 Å². The van der Waals surface area contributed by atoms with E-state index in [-0.39, 0.29) is 11.8 Å².